The quantitative estimate of drug-likeness (QED) is 0.804. The number of rotatable bonds is 3. The Morgan fingerprint density at radius 3 is 2.53 bits per heavy atom. The van der Waals surface area contributed by atoms with Gasteiger partial charge in [0.05, 0.1) is 0 Å². The second-order valence-corrected chi connectivity index (χ2v) is 4.63. The monoisotopic (exact) mass is 211 g/mol. The Morgan fingerprint density at radius 1 is 1.47 bits per heavy atom. The normalized spacial score (nSPS) is 14.0. The summed E-state index contributed by atoms with van der Waals surface area (Å²) in [5.74, 6) is -0.253. The number of benzene rings is 1. The molecular formula is C12H18FNO. The van der Waals surface area contributed by atoms with Gasteiger partial charge in [-0.05, 0) is 24.1 Å². The maximum Gasteiger partial charge on any atom is 0.126 e. The van der Waals surface area contributed by atoms with Crippen LogP contribution in [-0.4, -0.2) is 11.7 Å². The van der Waals surface area contributed by atoms with Crippen LogP contribution < -0.4 is 5.73 Å². The lowest BCUT2D eigenvalue weighted by Gasteiger charge is -2.29. The van der Waals surface area contributed by atoms with Crippen molar-refractivity contribution < 1.29 is 9.50 Å². The third-order valence-corrected chi connectivity index (χ3v) is 2.80. The highest BCUT2D eigenvalue weighted by Crippen LogP contribution is 2.31. The van der Waals surface area contributed by atoms with Crippen LogP contribution in [0, 0.1) is 18.2 Å². The molecule has 0 bridgehead atoms. The van der Waals surface area contributed by atoms with Crippen LogP contribution in [0.4, 0.5) is 4.39 Å². The van der Waals surface area contributed by atoms with E-state index in [0.717, 1.165) is 5.56 Å². The first-order valence-corrected chi connectivity index (χ1v) is 5.01. The number of aliphatic hydroxyl groups is 1. The fourth-order valence-corrected chi connectivity index (χ4v) is 1.35. The predicted octanol–water partition coefficient (Wildman–Crippen LogP) is 2.15. The van der Waals surface area contributed by atoms with Crippen molar-refractivity contribution in [1.82, 2.24) is 0 Å². The summed E-state index contributed by atoms with van der Waals surface area (Å²) in [6, 6.07) is 4.59. The van der Waals surface area contributed by atoms with E-state index >= 15 is 0 Å². The summed E-state index contributed by atoms with van der Waals surface area (Å²) < 4.78 is 13.3. The minimum Gasteiger partial charge on any atom is -0.396 e. The number of aliphatic hydroxyl groups excluding tert-OH is 1. The van der Waals surface area contributed by atoms with Gasteiger partial charge in [0, 0.05) is 18.1 Å². The molecule has 1 aromatic rings. The summed E-state index contributed by atoms with van der Waals surface area (Å²) >= 11 is 0. The fourth-order valence-electron chi connectivity index (χ4n) is 1.35. The SMILES string of the molecule is Cc1ccc([C@H](N)C(C)(C)CO)cc1F. The van der Waals surface area contributed by atoms with E-state index in [2.05, 4.69) is 0 Å². The van der Waals surface area contributed by atoms with Crippen LogP contribution in [0.5, 0.6) is 0 Å². The van der Waals surface area contributed by atoms with Crippen molar-refractivity contribution in [2.24, 2.45) is 11.1 Å². The Kier molecular flexibility index (Phi) is 3.47. The van der Waals surface area contributed by atoms with Gasteiger partial charge < -0.3 is 10.8 Å². The lowest BCUT2D eigenvalue weighted by atomic mass is 9.81. The van der Waals surface area contributed by atoms with Gasteiger partial charge in [-0.3, -0.25) is 0 Å². The molecule has 0 radical (unpaired) electrons. The summed E-state index contributed by atoms with van der Waals surface area (Å²) in [7, 11) is 0. The summed E-state index contributed by atoms with van der Waals surface area (Å²) in [5.41, 5.74) is 6.86. The van der Waals surface area contributed by atoms with Gasteiger partial charge in [0.25, 0.3) is 0 Å². The molecule has 1 aromatic carbocycles. The van der Waals surface area contributed by atoms with Crippen molar-refractivity contribution >= 4 is 0 Å². The van der Waals surface area contributed by atoms with E-state index in [1.165, 1.54) is 6.07 Å². The zero-order valence-corrected chi connectivity index (χ0v) is 9.42. The van der Waals surface area contributed by atoms with E-state index in [0.29, 0.717) is 5.56 Å². The Hall–Kier alpha value is -0.930. The molecule has 0 heterocycles. The molecule has 0 amide bonds. The van der Waals surface area contributed by atoms with Gasteiger partial charge in [0.2, 0.25) is 0 Å². The van der Waals surface area contributed by atoms with Crippen molar-refractivity contribution in [3.63, 3.8) is 0 Å². The van der Waals surface area contributed by atoms with Crippen molar-refractivity contribution in [2.45, 2.75) is 26.8 Å². The molecule has 3 N–H and O–H groups in total. The Bertz CT molecular complexity index is 349. The Balaban J connectivity index is 3.02. The van der Waals surface area contributed by atoms with Crippen LogP contribution in [-0.2, 0) is 0 Å². The number of aryl methyl sites for hydroxylation is 1. The lowest BCUT2D eigenvalue weighted by molar-refractivity contribution is 0.132. The third-order valence-electron chi connectivity index (χ3n) is 2.80. The van der Waals surface area contributed by atoms with Gasteiger partial charge in [-0.2, -0.15) is 0 Å². The highest BCUT2D eigenvalue weighted by molar-refractivity contribution is 5.26. The maximum absolute atomic E-state index is 13.3. The summed E-state index contributed by atoms with van der Waals surface area (Å²) in [6.07, 6.45) is 0. The molecule has 15 heavy (non-hydrogen) atoms. The smallest absolute Gasteiger partial charge is 0.126 e. The van der Waals surface area contributed by atoms with E-state index in [1.54, 1.807) is 19.1 Å². The standard InChI is InChI=1S/C12H18FNO/c1-8-4-5-9(6-10(8)13)11(14)12(2,3)7-15/h4-6,11,15H,7,14H2,1-3H3/t11-/m0/s1. The molecule has 0 spiro atoms. The molecule has 0 unspecified atom stereocenters. The molecule has 3 heteroatoms. The van der Waals surface area contributed by atoms with Crippen LogP contribution >= 0.6 is 0 Å². The van der Waals surface area contributed by atoms with Gasteiger partial charge in [0.1, 0.15) is 5.82 Å². The van der Waals surface area contributed by atoms with E-state index in [-0.39, 0.29) is 18.5 Å². The molecular weight excluding hydrogens is 193 g/mol. The van der Waals surface area contributed by atoms with Gasteiger partial charge >= 0.3 is 0 Å². The summed E-state index contributed by atoms with van der Waals surface area (Å²) in [4.78, 5) is 0. The number of halogens is 1. The zero-order valence-electron chi connectivity index (χ0n) is 9.42. The minimum atomic E-state index is -0.443. The molecule has 0 saturated carbocycles. The first kappa shape index (κ1) is 12.1. The second kappa shape index (κ2) is 4.29. The van der Waals surface area contributed by atoms with Crippen molar-refractivity contribution in [2.75, 3.05) is 6.61 Å². The second-order valence-electron chi connectivity index (χ2n) is 4.63. The highest BCUT2D eigenvalue weighted by atomic mass is 19.1. The van der Waals surface area contributed by atoms with E-state index < -0.39 is 5.41 Å². The van der Waals surface area contributed by atoms with E-state index in [1.807, 2.05) is 13.8 Å². The molecule has 0 aromatic heterocycles. The zero-order chi connectivity index (χ0) is 11.6. The summed E-state index contributed by atoms with van der Waals surface area (Å²) in [6.45, 7) is 5.40. The van der Waals surface area contributed by atoms with Crippen LogP contribution in [0.2, 0.25) is 0 Å². The first-order chi connectivity index (χ1) is 6.88. The molecule has 2 nitrogen and oxygen atoms in total. The number of hydrogen-bond donors (Lipinski definition) is 2. The van der Waals surface area contributed by atoms with Crippen LogP contribution in [0.3, 0.4) is 0 Å². The van der Waals surface area contributed by atoms with Crippen LogP contribution in [0.25, 0.3) is 0 Å². The van der Waals surface area contributed by atoms with E-state index in [9.17, 15) is 9.50 Å². The molecule has 0 saturated heterocycles. The average Bonchev–Trinajstić information content (AvgIpc) is 2.21. The largest absolute Gasteiger partial charge is 0.396 e. The highest BCUT2D eigenvalue weighted by Gasteiger charge is 2.27. The maximum atomic E-state index is 13.3. The van der Waals surface area contributed by atoms with Crippen molar-refractivity contribution in [3.05, 3.63) is 35.1 Å². The van der Waals surface area contributed by atoms with Crippen molar-refractivity contribution in [1.29, 1.82) is 0 Å². The number of hydrogen-bond acceptors (Lipinski definition) is 2. The molecule has 0 aliphatic heterocycles. The van der Waals surface area contributed by atoms with Crippen LogP contribution in [0.15, 0.2) is 18.2 Å². The van der Waals surface area contributed by atoms with Gasteiger partial charge in [-0.25, -0.2) is 4.39 Å². The predicted molar refractivity (Wildman–Crippen MR) is 58.9 cm³/mol. The third kappa shape index (κ3) is 2.55. The Morgan fingerprint density at radius 2 is 2.07 bits per heavy atom. The topological polar surface area (TPSA) is 46.2 Å². The molecule has 1 atom stereocenters. The number of nitrogens with two attached hydrogens (primary N) is 1. The fraction of sp³-hybridized carbons (Fsp3) is 0.500. The van der Waals surface area contributed by atoms with E-state index in [4.69, 9.17) is 5.73 Å². The minimum absolute atomic E-state index is 0.0241. The molecule has 84 valence electrons. The van der Waals surface area contributed by atoms with Crippen molar-refractivity contribution in [3.8, 4) is 0 Å². The van der Waals surface area contributed by atoms with Gasteiger partial charge in [-0.15, -0.1) is 0 Å². The Labute approximate surface area is 89.9 Å². The molecule has 0 aliphatic carbocycles. The van der Waals surface area contributed by atoms with Gasteiger partial charge in [0.15, 0.2) is 0 Å². The first-order valence-electron chi connectivity index (χ1n) is 5.01. The van der Waals surface area contributed by atoms with Gasteiger partial charge in [-0.1, -0.05) is 26.0 Å². The lowest BCUT2D eigenvalue weighted by Crippen LogP contribution is -2.32. The van der Waals surface area contributed by atoms with Crippen LogP contribution in [0.1, 0.15) is 31.0 Å². The molecule has 0 aliphatic rings. The summed E-state index contributed by atoms with van der Waals surface area (Å²) in [5, 5.41) is 9.18. The molecule has 0 fully saturated rings. The average molecular weight is 211 g/mol. The molecule has 1 rings (SSSR count).